The van der Waals surface area contributed by atoms with Gasteiger partial charge in [0, 0.05) is 18.1 Å². The monoisotopic (exact) mass is 298 g/mol. The molecular weight excluding hydrogens is 256 g/mol. The number of hydrogen-bond donors (Lipinski definition) is 1. The summed E-state index contributed by atoms with van der Waals surface area (Å²) < 4.78 is 0. The molecular formula is C19H42N2. The van der Waals surface area contributed by atoms with Gasteiger partial charge in [0.05, 0.1) is 0 Å². The van der Waals surface area contributed by atoms with E-state index in [1.165, 1.54) is 51.6 Å². The molecule has 128 valence electrons. The average Bonchev–Trinajstić information content (AvgIpc) is 2.36. The summed E-state index contributed by atoms with van der Waals surface area (Å²) in [4.78, 5) is 2.73. The molecule has 0 spiro atoms. The molecule has 0 saturated carbocycles. The highest BCUT2D eigenvalue weighted by molar-refractivity contribution is 4.71. The fraction of sp³-hybridized carbons (Fsp3) is 1.00. The van der Waals surface area contributed by atoms with E-state index in [0.29, 0.717) is 0 Å². The zero-order valence-corrected chi connectivity index (χ0v) is 16.0. The molecule has 0 saturated heterocycles. The Balaban J connectivity index is 3.82. The van der Waals surface area contributed by atoms with Crippen LogP contribution in [0.25, 0.3) is 0 Å². The summed E-state index contributed by atoms with van der Waals surface area (Å²) in [5.74, 6) is 0.779. The van der Waals surface area contributed by atoms with Crippen molar-refractivity contribution in [3.8, 4) is 0 Å². The fourth-order valence-corrected chi connectivity index (χ4v) is 2.95. The van der Waals surface area contributed by atoms with Gasteiger partial charge in [0.25, 0.3) is 0 Å². The molecule has 0 unspecified atom stereocenters. The summed E-state index contributed by atoms with van der Waals surface area (Å²) in [7, 11) is 0. The van der Waals surface area contributed by atoms with E-state index in [-0.39, 0.29) is 5.54 Å². The van der Waals surface area contributed by atoms with Crippen LogP contribution in [0.1, 0.15) is 87.0 Å². The molecule has 0 radical (unpaired) electrons. The summed E-state index contributed by atoms with van der Waals surface area (Å²) >= 11 is 0. The molecule has 0 aliphatic carbocycles. The van der Waals surface area contributed by atoms with Gasteiger partial charge in [-0.15, -0.1) is 0 Å². The Kier molecular flexibility index (Phi) is 11.4. The van der Waals surface area contributed by atoms with Crippen LogP contribution in [-0.2, 0) is 0 Å². The van der Waals surface area contributed by atoms with E-state index in [2.05, 4.69) is 58.7 Å². The quantitative estimate of drug-likeness (QED) is 0.505. The van der Waals surface area contributed by atoms with Gasteiger partial charge in [0.15, 0.2) is 0 Å². The van der Waals surface area contributed by atoms with Gasteiger partial charge in [0.1, 0.15) is 0 Å². The first-order valence-corrected chi connectivity index (χ1v) is 9.29. The SMILES string of the molecule is CCC(CC)N(CCCCCCNC(C)(C)C)CC(C)C. The predicted octanol–water partition coefficient (Wildman–Crippen LogP) is 5.08. The number of unbranched alkanes of at least 4 members (excludes halogenated alkanes) is 3. The summed E-state index contributed by atoms with van der Waals surface area (Å²) in [6.07, 6.45) is 7.99. The summed E-state index contributed by atoms with van der Waals surface area (Å²) in [5.41, 5.74) is 0.267. The standard InChI is InChI=1S/C19H42N2/c1-8-18(9-2)21(16-17(3)4)15-13-11-10-12-14-20-19(5,6)7/h17-18,20H,8-16H2,1-7H3. The molecule has 0 aromatic carbocycles. The predicted molar refractivity (Wildman–Crippen MR) is 97.0 cm³/mol. The first kappa shape index (κ1) is 20.9. The van der Waals surface area contributed by atoms with Crippen molar-refractivity contribution in [2.45, 2.75) is 98.6 Å². The van der Waals surface area contributed by atoms with Crippen molar-refractivity contribution in [3.05, 3.63) is 0 Å². The molecule has 21 heavy (non-hydrogen) atoms. The Morgan fingerprint density at radius 2 is 1.48 bits per heavy atom. The smallest absolute Gasteiger partial charge is 0.00965 e. The molecule has 0 bridgehead atoms. The van der Waals surface area contributed by atoms with Crippen LogP contribution >= 0.6 is 0 Å². The first-order chi connectivity index (χ1) is 9.80. The average molecular weight is 299 g/mol. The van der Waals surface area contributed by atoms with E-state index in [9.17, 15) is 0 Å². The van der Waals surface area contributed by atoms with Gasteiger partial charge in [-0.1, -0.05) is 40.5 Å². The highest BCUT2D eigenvalue weighted by Crippen LogP contribution is 2.13. The Labute approximate surface area is 135 Å². The van der Waals surface area contributed by atoms with Crippen molar-refractivity contribution >= 4 is 0 Å². The third-order valence-electron chi connectivity index (χ3n) is 4.09. The van der Waals surface area contributed by atoms with Gasteiger partial charge in [-0.3, -0.25) is 0 Å². The topological polar surface area (TPSA) is 15.3 Å². The Morgan fingerprint density at radius 3 is 1.95 bits per heavy atom. The zero-order chi connectivity index (χ0) is 16.3. The van der Waals surface area contributed by atoms with Crippen LogP contribution in [0.2, 0.25) is 0 Å². The molecule has 1 N–H and O–H groups in total. The van der Waals surface area contributed by atoms with Crippen LogP contribution in [0.3, 0.4) is 0 Å². The molecule has 0 amide bonds. The van der Waals surface area contributed by atoms with Crippen molar-refractivity contribution in [2.24, 2.45) is 5.92 Å². The second-order valence-electron chi connectivity index (χ2n) is 7.95. The summed E-state index contributed by atoms with van der Waals surface area (Å²) in [6.45, 7) is 19.8. The largest absolute Gasteiger partial charge is 0.312 e. The number of nitrogens with zero attached hydrogens (tertiary/aromatic N) is 1. The van der Waals surface area contributed by atoms with E-state index >= 15 is 0 Å². The molecule has 0 aromatic heterocycles. The molecule has 0 aliphatic heterocycles. The number of hydrogen-bond acceptors (Lipinski definition) is 2. The Bertz CT molecular complexity index is 226. The van der Waals surface area contributed by atoms with E-state index in [1.54, 1.807) is 0 Å². The lowest BCUT2D eigenvalue weighted by Crippen LogP contribution is -2.38. The number of rotatable bonds is 12. The minimum absolute atomic E-state index is 0.267. The molecule has 0 rings (SSSR count). The summed E-state index contributed by atoms with van der Waals surface area (Å²) in [6, 6.07) is 0.787. The second-order valence-corrected chi connectivity index (χ2v) is 7.95. The van der Waals surface area contributed by atoms with Crippen LogP contribution in [-0.4, -0.2) is 36.1 Å². The zero-order valence-electron chi connectivity index (χ0n) is 16.0. The van der Waals surface area contributed by atoms with Gasteiger partial charge in [-0.05, 0) is 65.5 Å². The minimum atomic E-state index is 0.267. The van der Waals surface area contributed by atoms with Crippen LogP contribution in [0.4, 0.5) is 0 Å². The third kappa shape index (κ3) is 12.2. The Hall–Kier alpha value is -0.0800. The van der Waals surface area contributed by atoms with E-state index in [1.807, 2.05) is 0 Å². The molecule has 0 aromatic rings. The summed E-state index contributed by atoms with van der Waals surface area (Å²) in [5, 5.41) is 3.57. The van der Waals surface area contributed by atoms with Crippen LogP contribution in [0, 0.1) is 5.92 Å². The van der Waals surface area contributed by atoms with Gasteiger partial charge >= 0.3 is 0 Å². The van der Waals surface area contributed by atoms with Crippen molar-refractivity contribution < 1.29 is 0 Å². The highest BCUT2D eigenvalue weighted by atomic mass is 15.1. The molecule has 0 heterocycles. The van der Waals surface area contributed by atoms with Gasteiger partial charge < -0.3 is 10.2 Å². The van der Waals surface area contributed by atoms with E-state index < -0.39 is 0 Å². The lowest BCUT2D eigenvalue weighted by molar-refractivity contribution is 0.162. The second kappa shape index (κ2) is 11.5. The van der Waals surface area contributed by atoms with E-state index in [4.69, 9.17) is 0 Å². The fourth-order valence-electron chi connectivity index (χ4n) is 2.95. The van der Waals surface area contributed by atoms with Crippen molar-refractivity contribution in [2.75, 3.05) is 19.6 Å². The highest BCUT2D eigenvalue weighted by Gasteiger charge is 2.15. The van der Waals surface area contributed by atoms with Gasteiger partial charge in [-0.25, -0.2) is 0 Å². The molecule has 0 atom stereocenters. The van der Waals surface area contributed by atoms with Gasteiger partial charge in [-0.2, -0.15) is 0 Å². The number of nitrogens with one attached hydrogen (secondary N) is 1. The van der Waals surface area contributed by atoms with E-state index in [0.717, 1.165) is 18.5 Å². The molecule has 0 aliphatic rings. The van der Waals surface area contributed by atoms with Crippen molar-refractivity contribution in [1.82, 2.24) is 10.2 Å². The van der Waals surface area contributed by atoms with Crippen LogP contribution < -0.4 is 5.32 Å². The van der Waals surface area contributed by atoms with Crippen molar-refractivity contribution in [3.63, 3.8) is 0 Å². The Morgan fingerprint density at radius 1 is 0.905 bits per heavy atom. The minimum Gasteiger partial charge on any atom is -0.312 e. The van der Waals surface area contributed by atoms with Crippen LogP contribution in [0.15, 0.2) is 0 Å². The lowest BCUT2D eigenvalue weighted by Gasteiger charge is -2.32. The lowest BCUT2D eigenvalue weighted by atomic mass is 10.1. The molecule has 2 heteroatoms. The molecule has 0 fully saturated rings. The normalized spacial score (nSPS) is 12.9. The van der Waals surface area contributed by atoms with Crippen molar-refractivity contribution in [1.29, 1.82) is 0 Å². The first-order valence-electron chi connectivity index (χ1n) is 9.29. The van der Waals surface area contributed by atoms with Crippen LogP contribution in [0.5, 0.6) is 0 Å². The molecule has 2 nitrogen and oxygen atoms in total. The maximum Gasteiger partial charge on any atom is 0.00965 e. The van der Waals surface area contributed by atoms with Gasteiger partial charge in [0.2, 0.25) is 0 Å². The maximum atomic E-state index is 3.57. The third-order valence-corrected chi connectivity index (χ3v) is 4.09. The maximum absolute atomic E-state index is 3.57.